The van der Waals surface area contributed by atoms with Gasteiger partial charge in [-0.05, 0) is 37.5 Å². The number of hydrogen-bond acceptors (Lipinski definition) is 5. The molecule has 28 heavy (non-hydrogen) atoms. The van der Waals surface area contributed by atoms with E-state index < -0.39 is 10.0 Å². The van der Waals surface area contributed by atoms with E-state index in [-0.39, 0.29) is 16.8 Å². The molecule has 1 atom stereocenters. The van der Waals surface area contributed by atoms with Crippen LogP contribution in [0.4, 0.5) is 0 Å². The summed E-state index contributed by atoms with van der Waals surface area (Å²) in [7, 11) is 1.30. The molecule has 0 radical (unpaired) electrons. The number of piperidine rings is 1. The molecule has 1 aromatic rings. The number of hydrogen-bond donors (Lipinski definition) is 1. The quantitative estimate of drug-likeness (QED) is 0.432. The van der Waals surface area contributed by atoms with Gasteiger partial charge in [0.2, 0.25) is 10.0 Å². The maximum absolute atomic E-state index is 12.1. The molecule has 156 valence electrons. The molecule has 1 aliphatic heterocycles. The molecule has 0 aromatic heterocycles. The van der Waals surface area contributed by atoms with E-state index in [2.05, 4.69) is 15.2 Å². The van der Waals surface area contributed by atoms with Crippen molar-refractivity contribution in [3.63, 3.8) is 0 Å². The molecule has 1 aliphatic rings. The minimum atomic E-state index is -3.43. The second kappa shape index (κ2) is 9.88. The molecule has 2 rings (SSSR count). The summed E-state index contributed by atoms with van der Waals surface area (Å²) < 4.78 is 30.6. The third-order valence-electron chi connectivity index (χ3n) is 4.71. The van der Waals surface area contributed by atoms with Gasteiger partial charge in [0.05, 0.1) is 17.4 Å². The van der Waals surface area contributed by atoms with E-state index in [4.69, 9.17) is 4.74 Å². The van der Waals surface area contributed by atoms with E-state index >= 15 is 0 Å². The first-order valence-electron chi connectivity index (χ1n) is 9.43. The Labute approximate surface area is 167 Å². The molecule has 1 heterocycles. The van der Waals surface area contributed by atoms with Crippen LogP contribution >= 0.6 is 0 Å². The van der Waals surface area contributed by atoms with Gasteiger partial charge in [0.15, 0.2) is 5.96 Å². The van der Waals surface area contributed by atoms with E-state index in [1.807, 2.05) is 6.92 Å². The lowest BCUT2D eigenvalue weighted by atomic mass is 9.98. The van der Waals surface area contributed by atoms with Crippen LogP contribution in [0.5, 0.6) is 0 Å². The average molecular weight is 411 g/mol. The van der Waals surface area contributed by atoms with E-state index in [9.17, 15) is 13.2 Å². The number of nitrogens with one attached hydrogen (secondary N) is 1. The first-order chi connectivity index (χ1) is 13.3. The fourth-order valence-electron chi connectivity index (χ4n) is 3.13. The molecule has 0 bridgehead atoms. The van der Waals surface area contributed by atoms with Crippen molar-refractivity contribution in [1.29, 1.82) is 0 Å². The number of likely N-dealkylation sites (tertiary alicyclic amines) is 1. The highest BCUT2D eigenvalue weighted by atomic mass is 32.2. The van der Waals surface area contributed by atoms with E-state index in [1.165, 1.54) is 18.4 Å². The fraction of sp³-hybridized carbons (Fsp3) is 0.579. The minimum absolute atomic E-state index is 0.136. The summed E-state index contributed by atoms with van der Waals surface area (Å²) in [6.07, 6.45) is 1.73. The van der Waals surface area contributed by atoms with Crippen LogP contribution < -0.4 is 5.32 Å². The van der Waals surface area contributed by atoms with Crippen molar-refractivity contribution >= 4 is 22.0 Å². The van der Waals surface area contributed by atoms with Crippen molar-refractivity contribution in [1.82, 2.24) is 14.5 Å². The summed E-state index contributed by atoms with van der Waals surface area (Å²) in [5.41, 5.74) is 0.942. The number of sulfonamides is 1. The van der Waals surface area contributed by atoms with Crippen molar-refractivity contribution in [3.8, 4) is 0 Å². The standard InChI is InChI=1S/C19H30N4O4S/c1-5-27-18(24)16-7-6-12-23(14-16)19(20-2)21-13-15-8-10-17(11-9-15)28(25,26)22(3)4/h8-11,16H,5-7,12-14H2,1-4H3,(H,20,21). The summed E-state index contributed by atoms with van der Waals surface area (Å²) in [5, 5.41) is 3.29. The van der Waals surface area contributed by atoms with Crippen LogP contribution in [0.15, 0.2) is 34.2 Å². The third kappa shape index (κ3) is 5.45. The Morgan fingerprint density at radius 2 is 2.00 bits per heavy atom. The summed E-state index contributed by atoms with van der Waals surface area (Å²) >= 11 is 0. The number of benzene rings is 1. The molecule has 0 aliphatic carbocycles. The Kier molecular flexibility index (Phi) is 7.82. The van der Waals surface area contributed by atoms with Crippen LogP contribution in [0.25, 0.3) is 0 Å². The molecular formula is C19H30N4O4S. The normalized spacial score (nSPS) is 18.2. The van der Waals surface area contributed by atoms with Gasteiger partial charge in [-0.15, -0.1) is 0 Å². The van der Waals surface area contributed by atoms with Crippen LogP contribution in [-0.4, -0.2) is 70.4 Å². The van der Waals surface area contributed by atoms with Crippen molar-refractivity contribution in [2.45, 2.75) is 31.2 Å². The topological polar surface area (TPSA) is 91.3 Å². The molecule has 1 saturated heterocycles. The van der Waals surface area contributed by atoms with Crippen molar-refractivity contribution in [2.75, 3.05) is 40.8 Å². The van der Waals surface area contributed by atoms with Crippen LogP contribution in [0.2, 0.25) is 0 Å². The Morgan fingerprint density at radius 1 is 1.32 bits per heavy atom. The highest BCUT2D eigenvalue weighted by molar-refractivity contribution is 7.89. The van der Waals surface area contributed by atoms with Gasteiger partial charge in [-0.3, -0.25) is 9.79 Å². The Bertz CT molecular complexity index is 791. The predicted octanol–water partition coefficient (Wildman–Crippen LogP) is 1.29. The van der Waals surface area contributed by atoms with E-state index in [0.29, 0.717) is 19.7 Å². The molecule has 1 unspecified atom stereocenters. The van der Waals surface area contributed by atoms with Crippen LogP contribution in [-0.2, 0) is 26.1 Å². The molecule has 8 nitrogen and oxygen atoms in total. The lowest BCUT2D eigenvalue weighted by molar-refractivity contribution is -0.149. The zero-order valence-electron chi connectivity index (χ0n) is 17.0. The molecule has 1 aromatic carbocycles. The Balaban J connectivity index is 1.98. The van der Waals surface area contributed by atoms with E-state index in [1.54, 1.807) is 31.3 Å². The number of rotatable bonds is 6. The third-order valence-corrected chi connectivity index (χ3v) is 6.53. The van der Waals surface area contributed by atoms with Crippen molar-refractivity contribution < 1.29 is 17.9 Å². The molecule has 9 heteroatoms. The minimum Gasteiger partial charge on any atom is -0.466 e. The first kappa shape index (κ1) is 22.2. The molecule has 1 fully saturated rings. The van der Waals surface area contributed by atoms with Crippen molar-refractivity contribution in [3.05, 3.63) is 29.8 Å². The summed E-state index contributed by atoms with van der Waals surface area (Å²) in [5.74, 6) is 0.433. The SMILES string of the molecule is CCOC(=O)C1CCCN(C(=NC)NCc2ccc(S(=O)(=O)N(C)C)cc2)C1. The number of esters is 1. The number of carbonyl (C=O) groups is 1. The number of guanidine groups is 1. The van der Waals surface area contributed by atoms with Gasteiger partial charge >= 0.3 is 5.97 Å². The number of aliphatic imine (C=N–C) groups is 1. The molecule has 0 spiro atoms. The van der Waals surface area contributed by atoms with Gasteiger partial charge in [-0.1, -0.05) is 12.1 Å². The van der Waals surface area contributed by atoms with Crippen LogP contribution in [0.3, 0.4) is 0 Å². The van der Waals surface area contributed by atoms with Gasteiger partial charge in [0.25, 0.3) is 0 Å². The number of ether oxygens (including phenoxy) is 1. The fourth-order valence-corrected chi connectivity index (χ4v) is 4.03. The predicted molar refractivity (Wildman–Crippen MR) is 108 cm³/mol. The molecule has 0 saturated carbocycles. The summed E-state index contributed by atoms with van der Waals surface area (Å²) in [6.45, 7) is 4.12. The summed E-state index contributed by atoms with van der Waals surface area (Å²) in [4.78, 5) is 18.7. The second-order valence-corrected chi connectivity index (χ2v) is 9.02. The lowest BCUT2D eigenvalue weighted by Gasteiger charge is -2.34. The van der Waals surface area contributed by atoms with Gasteiger partial charge in [-0.25, -0.2) is 12.7 Å². The Morgan fingerprint density at radius 3 is 2.57 bits per heavy atom. The number of carbonyl (C=O) groups excluding carboxylic acids is 1. The highest BCUT2D eigenvalue weighted by Gasteiger charge is 2.28. The second-order valence-electron chi connectivity index (χ2n) is 6.87. The number of nitrogens with zero attached hydrogens (tertiary/aromatic N) is 3. The van der Waals surface area contributed by atoms with Gasteiger partial charge in [0, 0.05) is 40.8 Å². The maximum Gasteiger partial charge on any atom is 0.310 e. The van der Waals surface area contributed by atoms with Crippen LogP contribution in [0.1, 0.15) is 25.3 Å². The van der Waals surface area contributed by atoms with Crippen molar-refractivity contribution in [2.24, 2.45) is 10.9 Å². The van der Waals surface area contributed by atoms with Gasteiger partial charge < -0.3 is 15.0 Å². The molecule has 0 amide bonds. The average Bonchev–Trinajstić information content (AvgIpc) is 2.69. The lowest BCUT2D eigenvalue weighted by Crippen LogP contribution is -2.48. The van der Waals surface area contributed by atoms with Crippen LogP contribution in [0, 0.1) is 5.92 Å². The molecular weight excluding hydrogens is 380 g/mol. The summed E-state index contributed by atoms with van der Waals surface area (Å²) in [6, 6.07) is 6.78. The largest absolute Gasteiger partial charge is 0.466 e. The monoisotopic (exact) mass is 410 g/mol. The molecule has 1 N–H and O–H groups in total. The highest BCUT2D eigenvalue weighted by Crippen LogP contribution is 2.18. The van der Waals surface area contributed by atoms with Gasteiger partial charge in [-0.2, -0.15) is 0 Å². The smallest absolute Gasteiger partial charge is 0.310 e. The van der Waals surface area contributed by atoms with Gasteiger partial charge in [0.1, 0.15) is 0 Å². The first-order valence-corrected chi connectivity index (χ1v) is 10.9. The maximum atomic E-state index is 12.1. The zero-order valence-corrected chi connectivity index (χ0v) is 17.8. The van der Waals surface area contributed by atoms with E-state index in [0.717, 1.165) is 30.9 Å². The zero-order chi connectivity index (χ0) is 20.7. The Hall–Kier alpha value is -2.13.